The van der Waals surface area contributed by atoms with Crippen molar-refractivity contribution in [1.82, 2.24) is 0 Å². The maximum Gasteiger partial charge on any atom is 0.265 e. The van der Waals surface area contributed by atoms with E-state index in [2.05, 4.69) is 21.2 Å². The Balaban J connectivity index is 1.78. The molecule has 136 valence electrons. The van der Waals surface area contributed by atoms with E-state index < -0.39 is 6.10 Å². The number of hydrogen-bond donors (Lipinski definition) is 1. The minimum atomic E-state index is -0.765. The van der Waals surface area contributed by atoms with Crippen molar-refractivity contribution in [2.75, 3.05) is 12.1 Å². The van der Waals surface area contributed by atoms with Crippen LogP contribution in [-0.2, 0) is 4.79 Å². The van der Waals surface area contributed by atoms with Crippen molar-refractivity contribution in [1.29, 1.82) is 0 Å². The van der Waals surface area contributed by atoms with Gasteiger partial charge in [-0.1, -0.05) is 6.07 Å². The number of fused-ring (bicyclic) bond motifs is 1. The molecule has 0 aliphatic carbocycles. The van der Waals surface area contributed by atoms with E-state index in [4.69, 9.17) is 14.2 Å². The highest BCUT2D eigenvalue weighted by atomic mass is 79.9. The van der Waals surface area contributed by atoms with E-state index in [1.807, 2.05) is 19.1 Å². The Kier molecular flexibility index (Phi) is 5.18. The van der Waals surface area contributed by atoms with Gasteiger partial charge in [-0.25, -0.2) is 0 Å². The zero-order chi connectivity index (χ0) is 18.8. The molecule has 0 spiro atoms. The lowest BCUT2D eigenvalue weighted by atomic mass is 10.1. The quantitative estimate of drug-likeness (QED) is 0.738. The van der Waals surface area contributed by atoms with Crippen LogP contribution in [-0.4, -0.2) is 24.6 Å². The number of anilines is 1. The summed E-state index contributed by atoms with van der Waals surface area (Å²) in [5.74, 6) is 0.976. The Bertz CT molecular complexity index is 880. The van der Waals surface area contributed by atoms with Gasteiger partial charge in [0.2, 0.25) is 6.79 Å². The number of hydrogen-bond acceptors (Lipinski definition) is 5. The standard InChI is InChI=1S/C19H18BrNO5/c1-10-4-5-16(14(20)6-10)26-12(3)19(23)21-15-8-18-17(24-9-25-18)7-13(15)11(2)22/h4-8,12H,9H2,1-3H3,(H,21,23). The normalized spacial score (nSPS) is 13.2. The Labute approximate surface area is 159 Å². The first-order chi connectivity index (χ1) is 12.3. The first-order valence-corrected chi connectivity index (χ1v) is 8.82. The minimum absolute atomic E-state index is 0.0883. The van der Waals surface area contributed by atoms with Gasteiger partial charge in [0.1, 0.15) is 5.75 Å². The van der Waals surface area contributed by atoms with Gasteiger partial charge in [0, 0.05) is 11.6 Å². The molecule has 0 saturated carbocycles. The van der Waals surface area contributed by atoms with Gasteiger partial charge < -0.3 is 19.5 Å². The van der Waals surface area contributed by atoms with Crippen LogP contribution in [0.15, 0.2) is 34.8 Å². The average molecular weight is 420 g/mol. The number of ether oxygens (including phenoxy) is 3. The van der Waals surface area contributed by atoms with Gasteiger partial charge in [-0.15, -0.1) is 0 Å². The molecule has 1 amide bonds. The van der Waals surface area contributed by atoms with Gasteiger partial charge in [-0.3, -0.25) is 9.59 Å². The molecule has 2 aromatic rings. The number of halogens is 1. The SMILES string of the molecule is CC(=O)c1cc2c(cc1NC(=O)C(C)Oc1ccc(C)cc1Br)OCO2. The number of aryl methyl sites for hydroxylation is 1. The molecule has 1 aliphatic heterocycles. The number of carbonyl (C=O) groups excluding carboxylic acids is 2. The summed E-state index contributed by atoms with van der Waals surface area (Å²) in [7, 11) is 0. The average Bonchev–Trinajstić information content (AvgIpc) is 3.03. The number of nitrogens with one attached hydrogen (secondary N) is 1. The third-order valence-corrected chi connectivity index (χ3v) is 4.53. The largest absolute Gasteiger partial charge is 0.480 e. The molecule has 1 N–H and O–H groups in total. The van der Waals surface area contributed by atoms with Crippen LogP contribution >= 0.6 is 15.9 Å². The first kappa shape index (κ1) is 18.3. The van der Waals surface area contributed by atoms with Crippen molar-refractivity contribution in [2.24, 2.45) is 0 Å². The Morgan fingerprint density at radius 2 is 1.88 bits per heavy atom. The highest BCUT2D eigenvalue weighted by Crippen LogP contribution is 2.37. The third-order valence-electron chi connectivity index (χ3n) is 3.91. The van der Waals surface area contributed by atoms with Crippen molar-refractivity contribution < 1.29 is 23.8 Å². The fraction of sp³-hybridized carbons (Fsp3) is 0.263. The summed E-state index contributed by atoms with van der Waals surface area (Å²) in [5, 5.41) is 2.74. The van der Waals surface area contributed by atoms with Gasteiger partial charge in [0.15, 0.2) is 23.4 Å². The molecule has 6 nitrogen and oxygen atoms in total. The Morgan fingerprint density at radius 1 is 1.19 bits per heavy atom. The van der Waals surface area contributed by atoms with Crippen LogP contribution < -0.4 is 19.5 Å². The number of Topliss-reactive ketones (excluding diaryl/α,β-unsaturated/α-hetero) is 1. The number of rotatable bonds is 5. The number of carbonyl (C=O) groups is 2. The first-order valence-electron chi connectivity index (χ1n) is 8.03. The second-order valence-electron chi connectivity index (χ2n) is 5.99. The molecular formula is C19H18BrNO5. The second-order valence-corrected chi connectivity index (χ2v) is 6.84. The Hall–Kier alpha value is -2.54. The molecule has 0 saturated heterocycles. The topological polar surface area (TPSA) is 73.9 Å². The molecule has 1 heterocycles. The van der Waals surface area contributed by atoms with Crippen LogP contribution in [0.2, 0.25) is 0 Å². The molecule has 3 rings (SSSR count). The van der Waals surface area contributed by atoms with Crippen molar-refractivity contribution in [3.05, 3.63) is 45.9 Å². The van der Waals surface area contributed by atoms with E-state index in [-0.39, 0.29) is 18.5 Å². The van der Waals surface area contributed by atoms with E-state index in [0.717, 1.165) is 10.0 Å². The predicted molar refractivity (Wildman–Crippen MR) is 100 cm³/mol. The van der Waals surface area contributed by atoms with Gasteiger partial charge in [0.25, 0.3) is 5.91 Å². The molecule has 1 unspecified atom stereocenters. The van der Waals surface area contributed by atoms with E-state index in [9.17, 15) is 9.59 Å². The molecule has 1 aliphatic rings. The van der Waals surface area contributed by atoms with Crippen molar-refractivity contribution in [2.45, 2.75) is 26.9 Å². The summed E-state index contributed by atoms with van der Waals surface area (Å²) in [4.78, 5) is 24.4. The van der Waals surface area contributed by atoms with Crippen LogP contribution in [0.5, 0.6) is 17.2 Å². The zero-order valence-electron chi connectivity index (χ0n) is 14.6. The van der Waals surface area contributed by atoms with Gasteiger partial charge >= 0.3 is 0 Å². The lowest BCUT2D eigenvalue weighted by molar-refractivity contribution is -0.122. The molecule has 0 aromatic heterocycles. The van der Waals surface area contributed by atoms with E-state index in [1.54, 1.807) is 25.1 Å². The van der Waals surface area contributed by atoms with Crippen LogP contribution in [0.25, 0.3) is 0 Å². The van der Waals surface area contributed by atoms with Gasteiger partial charge in [-0.05, 0) is 60.5 Å². The summed E-state index contributed by atoms with van der Waals surface area (Å²) < 4.78 is 17.1. The number of benzene rings is 2. The van der Waals surface area contributed by atoms with Crippen LogP contribution in [0.3, 0.4) is 0 Å². The van der Waals surface area contributed by atoms with Crippen molar-refractivity contribution in [3.8, 4) is 17.2 Å². The zero-order valence-corrected chi connectivity index (χ0v) is 16.2. The summed E-state index contributed by atoms with van der Waals surface area (Å²) in [6, 6.07) is 8.76. The number of ketones is 1. The summed E-state index contributed by atoms with van der Waals surface area (Å²) >= 11 is 3.42. The second kappa shape index (κ2) is 7.37. The highest BCUT2D eigenvalue weighted by Gasteiger charge is 2.23. The van der Waals surface area contributed by atoms with Crippen LogP contribution in [0, 0.1) is 6.92 Å². The maximum absolute atomic E-state index is 12.5. The lowest BCUT2D eigenvalue weighted by Crippen LogP contribution is -2.30. The molecule has 0 bridgehead atoms. The molecule has 26 heavy (non-hydrogen) atoms. The highest BCUT2D eigenvalue weighted by molar-refractivity contribution is 9.10. The number of amides is 1. The smallest absolute Gasteiger partial charge is 0.265 e. The fourth-order valence-electron chi connectivity index (χ4n) is 2.52. The molecular weight excluding hydrogens is 402 g/mol. The minimum Gasteiger partial charge on any atom is -0.480 e. The van der Waals surface area contributed by atoms with Crippen molar-refractivity contribution >= 4 is 33.3 Å². The van der Waals surface area contributed by atoms with Crippen LogP contribution in [0.4, 0.5) is 5.69 Å². The van der Waals surface area contributed by atoms with Crippen molar-refractivity contribution in [3.63, 3.8) is 0 Å². The van der Waals surface area contributed by atoms with Gasteiger partial charge in [-0.2, -0.15) is 0 Å². The monoisotopic (exact) mass is 419 g/mol. The van der Waals surface area contributed by atoms with Crippen LogP contribution in [0.1, 0.15) is 29.8 Å². The summed E-state index contributed by atoms with van der Waals surface area (Å²) in [6.45, 7) is 5.12. The molecule has 0 fully saturated rings. The third kappa shape index (κ3) is 3.83. The molecule has 2 aromatic carbocycles. The van der Waals surface area contributed by atoms with E-state index in [1.165, 1.54) is 6.92 Å². The van der Waals surface area contributed by atoms with E-state index >= 15 is 0 Å². The van der Waals surface area contributed by atoms with E-state index in [0.29, 0.717) is 28.5 Å². The Morgan fingerprint density at radius 3 is 2.54 bits per heavy atom. The maximum atomic E-state index is 12.5. The molecule has 7 heteroatoms. The predicted octanol–water partition coefficient (Wildman–Crippen LogP) is 4.09. The summed E-state index contributed by atoms with van der Waals surface area (Å²) in [6.07, 6.45) is -0.765. The summed E-state index contributed by atoms with van der Waals surface area (Å²) in [5.41, 5.74) is 1.80. The van der Waals surface area contributed by atoms with Gasteiger partial charge in [0.05, 0.1) is 10.2 Å². The lowest BCUT2D eigenvalue weighted by Gasteiger charge is -2.17. The molecule has 0 radical (unpaired) electrons. The molecule has 1 atom stereocenters. The fourth-order valence-corrected chi connectivity index (χ4v) is 3.10.